The Bertz CT molecular complexity index is 284. The zero-order valence-corrected chi connectivity index (χ0v) is 10.8. The number of benzene rings is 1. The van der Waals surface area contributed by atoms with Crippen LogP contribution in [0.4, 0.5) is 5.69 Å². The van der Waals surface area contributed by atoms with Crippen LogP contribution in [-0.2, 0) is 0 Å². The van der Waals surface area contributed by atoms with Crippen LogP contribution in [0.3, 0.4) is 0 Å². The van der Waals surface area contributed by atoms with Crippen molar-refractivity contribution in [1.82, 2.24) is 0 Å². The Hall–Kier alpha value is 0.0400. The molecule has 1 rings (SSSR count). The molecule has 0 aromatic heterocycles. The zero-order valence-electron chi connectivity index (χ0n) is 7.85. The van der Waals surface area contributed by atoms with Crippen LogP contribution in [0.1, 0.15) is 13.8 Å². The van der Waals surface area contributed by atoms with Crippen LogP contribution in [0, 0.1) is 3.57 Å². The molecule has 0 unspecified atom stereocenters. The predicted octanol–water partition coefficient (Wildman–Crippen LogP) is 3.79. The van der Waals surface area contributed by atoms with Gasteiger partial charge in [-0.3, -0.25) is 0 Å². The number of halogens is 2. The van der Waals surface area contributed by atoms with Gasteiger partial charge in [-0.25, -0.2) is 0 Å². The topological polar surface area (TPSA) is 3.24 Å². The Kier molecular flexibility index (Phi) is 4.32. The summed E-state index contributed by atoms with van der Waals surface area (Å²) in [5.41, 5.74) is 1.27. The largest absolute Gasteiger partial charge is 0.371 e. The van der Waals surface area contributed by atoms with Gasteiger partial charge in [-0.15, -0.1) is 0 Å². The fraction of sp³-hybridized carbons (Fsp3) is 0.400. The summed E-state index contributed by atoms with van der Waals surface area (Å²) in [6.45, 7) is 6.39. The lowest BCUT2D eigenvalue weighted by atomic mass is 10.3. The standard InChI is InChI=1S/C10H13ClIN/c1-3-13(4-2)10-6-5-8(11)7-9(10)12/h5-7H,3-4H2,1-2H3. The first kappa shape index (κ1) is 11.1. The van der Waals surface area contributed by atoms with Crippen molar-refractivity contribution in [3.05, 3.63) is 26.8 Å². The zero-order chi connectivity index (χ0) is 9.84. The molecular formula is C10H13ClIN. The molecule has 1 nitrogen and oxygen atoms in total. The fourth-order valence-corrected chi connectivity index (χ4v) is 2.51. The Morgan fingerprint density at radius 1 is 1.31 bits per heavy atom. The highest BCUT2D eigenvalue weighted by Gasteiger charge is 2.05. The average Bonchev–Trinajstić information content (AvgIpc) is 2.10. The van der Waals surface area contributed by atoms with Crippen molar-refractivity contribution in [3.63, 3.8) is 0 Å². The molecule has 0 radical (unpaired) electrons. The third kappa shape index (κ3) is 2.74. The molecule has 0 spiro atoms. The van der Waals surface area contributed by atoms with Gasteiger partial charge in [0.25, 0.3) is 0 Å². The maximum Gasteiger partial charge on any atom is 0.0502 e. The van der Waals surface area contributed by atoms with E-state index in [1.807, 2.05) is 12.1 Å². The van der Waals surface area contributed by atoms with E-state index < -0.39 is 0 Å². The van der Waals surface area contributed by atoms with Crippen LogP contribution in [-0.4, -0.2) is 13.1 Å². The summed E-state index contributed by atoms with van der Waals surface area (Å²) in [4.78, 5) is 2.32. The maximum absolute atomic E-state index is 5.88. The minimum Gasteiger partial charge on any atom is -0.371 e. The number of nitrogens with zero attached hydrogens (tertiary/aromatic N) is 1. The number of hydrogen-bond donors (Lipinski definition) is 0. The summed E-state index contributed by atoms with van der Waals surface area (Å²) in [6, 6.07) is 6.02. The van der Waals surface area contributed by atoms with Gasteiger partial charge in [0.2, 0.25) is 0 Å². The van der Waals surface area contributed by atoms with Crippen molar-refractivity contribution in [1.29, 1.82) is 0 Å². The maximum atomic E-state index is 5.88. The van der Waals surface area contributed by atoms with Crippen LogP contribution in [0.5, 0.6) is 0 Å². The Morgan fingerprint density at radius 3 is 2.38 bits per heavy atom. The average molecular weight is 310 g/mol. The molecule has 0 amide bonds. The Balaban J connectivity index is 2.99. The van der Waals surface area contributed by atoms with Gasteiger partial charge in [0, 0.05) is 21.7 Å². The molecule has 0 saturated carbocycles. The third-order valence-corrected chi connectivity index (χ3v) is 3.11. The van der Waals surface area contributed by atoms with E-state index in [2.05, 4.69) is 47.4 Å². The second-order valence-electron chi connectivity index (χ2n) is 2.77. The fourth-order valence-electron chi connectivity index (χ4n) is 1.30. The van der Waals surface area contributed by atoms with Crippen LogP contribution in [0.25, 0.3) is 0 Å². The van der Waals surface area contributed by atoms with E-state index in [4.69, 9.17) is 11.6 Å². The SMILES string of the molecule is CCN(CC)c1ccc(Cl)cc1I. The first-order chi connectivity index (χ1) is 6.19. The van der Waals surface area contributed by atoms with E-state index in [9.17, 15) is 0 Å². The summed E-state index contributed by atoms with van der Waals surface area (Å²) in [5, 5.41) is 0.806. The second kappa shape index (κ2) is 5.05. The summed E-state index contributed by atoms with van der Waals surface area (Å²) in [6.07, 6.45) is 0. The van der Waals surface area contributed by atoms with Crippen LogP contribution in [0.15, 0.2) is 18.2 Å². The molecule has 0 atom stereocenters. The van der Waals surface area contributed by atoms with Gasteiger partial charge in [-0.2, -0.15) is 0 Å². The minimum absolute atomic E-state index is 0.806. The van der Waals surface area contributed by atoms with Crippen molar-refractivity contribution in [3.8, 4) is 0 Å². The van der Waals surface area contributed by atoms with E-state index in [0.717, 1.165) is 18.1 Å². The third-order valence-electron chi connectivity index (χ3n) is 2.01. The Morgan fingerprint density at radius 2 is 1.92 bits per heavy atom. The molecule has 72 valence electrons. The normalized spacial score (nSPS) is 10.2. The highest BCUT2D eigenvalue weighted by atomic mass is 127. The van der Waals surface area contributed by atoms with Gasteiger partial charge >= 0.3 is 0 Å². The summed E-state index contributed by atoms with van der Waals surface area (Å²) in [5.74, 6) is 0. The van der Waals surface area contributed by atoms with Gasteiger partial charge in [-0.05, 0) is 54.6 Å². The molecule has 0 bridgehead atoms. The smallest absolute Gasteiger partial charge is 0.0502 e. The highest BCUT2D eigenvalue weighted by molar-refractivity contribution is 14.1. The van der Waals surface area contributed by atoms with Crippen molar-refractivity contribution in [2.45, 2.75) is 13.8 Å². The minimum atomic E-state index is 0.806. The van der Waals surface area contributed by atoms with Gasteiger partial charge < -0.3 is 4.90 Å². The van der Waals surface area contributed by atoms with Crippen molar-refractivity contribution < 1.29 is 0 Å². The van der Waals surface area contributed by atoms with Crippen molar-refractivity contribution >= 4 is 39.9 Å². The lowest BCUT2D eigenvalue weighted by Gasteiger charge is -2.22. The molecule has 0 aliphatic carbocycles. The van der Waals surface area contributed by atoms with Crippen molar-refractivity contribution in [2.75, 3.05) is 18.0 Å². The van der Waals surface area contributed by atoms with Crippen LogP contribution >= 0.6 is 34.2 Å². The quantitative estimate of drug-likeness (QED) is 0.768. The van der Waals surface area contributed by atoms with Gasteiger partial charge in [0.05, 0.1) is 5.69 Å². The van der Waals surface area contributed by atoms with E-state index in [1.54, 1.807) is 0 Å². The van der Waals surface area contributed by atoms with Crippen LogP contribution in [0.2, 0.25) is 5.02 Å². The molecule has 0 aliphatic heterocycles. The molecule has 0 saturated heterocycles. The van der Waals surface area contributed by atoms with E-state index >= 15 is 0 Å². The molecule has 13 heavy (non-hydrogen) atoms. The molecule has 0 heterocycles. The molecular weight excluding hydrogens is 296 g/mol. The van der Waals surface area contributed by atoms with E-state index in [-0.39, 0.29) is 0 Å². The van der Waals surface area contributed by atoms with Gasteiger partial charge in [0.15, 0.2) is 0 Å². The first-order valence-electron chi connectivity index (χ1n) is 4.39. The molecule has 3 heteroatoms. The number of hydrogen-bond acceptors (Lipinski definition) is 1. The second-order valence-corrected chi connectivity index (χ2v) is 4.37. The summed E-state index contributed by atoms with van der Waals surface area (Å²) >= 11 is 8.21. The van der Waals surface area contributed by atoms with Gasteiger partial charge in [0.1, 0.15) is 0 Å². The molecule has 1 aromatic rings. The summed E-state index contributed by atoms with van der Waals surface area (Å²) in [7, 11) is 0. The monoisotopic (exact) mass is 309 g/mol. The highest BCUT2D eigenvalue weighted by Crippen LogP contribution is 2.25. The van der Waals surface area contributed by atoms with E-state index in [1.165, 1.54) is 9.26 Å². The molecule has 1 aromatic carbocycles. The van der Waals surface area contributed by atoms with E-state index in [0.29, 0.717) is 0 Å². The molecule has 0 fully saturated rings. The van der Waals surface area contributed by atoms with Crippen molar-refractivity contribution in [2.24, 2.45) is 0 Å². The lowest BCUT2D eigenvalue weighted by molar-refractivity contribution is 0.863. The molecule has 0 N–H and O–H groups in total. The van der Waals surface area contributed by atoms with Crippen LogP contribution < -0.4 is 4.90 Å². The molecule has 0 aliphatic rings. The predicted molar refractivity (Wildman–Crippen MR) is 67.7 cm³/mol. The number of anilines is 1. The van der Waals surface area contributed by atoms with Gasteiger partial charge in [-0.1, -0.05) is 11.6 Å². The first-order valence-corrected chi connectivity index (χ1v) is 5.84. The Labute approximate surface area is 98.2 Å². The number of rotatable bonds is 3. The lowest BCUT2D eigenvalue weighted by Crippen LogP contribution is -2.22. The summed E-state index contributed by atoms with van der Waals surface area (Å²) < 4.78 is 1.22.